The van der Waals surface area contributed by atoms with Gasteiger partial charge in [-0.15, -0.1) is 0 Å². The number of hydrogen-bond acceptors (Lipinski definition) is 7. The van der Waals surface area contributed by atoms with Crippen LogP contribution in [0.15, 0.2) is 60.7 Å². The first-order chi connectivity index (χ1) is 15.4. The van der Waals surface area contributed by atoms with Gasteiger partial charge in [0.25, 0.3) is 11.4 Å². The van der Waals surface area contributed by atoms with Gasteiger partial charge in [0.15, 0.2) is 11.5 Å². The molecule has 10 heteroatoms. The van der Waals surface area contributed by atoms with Gasteiger partial charge in [-0.25, -0.2) is 0 Å². The monoisotopic (exact) mass is 457 g/mol. The van der Waals surface area contributed by atoms with Crippen LogP contribution in [0.4, 0.5) is 17.1 Å². The molecule has 0 aliphatic heterocycles. The zero-order chi connectivity index (χ0) is 23.1. The second-order valence-electron chi connectivity index (χ2n) is 6.71. The largest absolute Gasteiger partial charge is 0.490 e. The lowest BCUT2D eigenvalue weighted by Crippen LogP contribution is -2.04. The average Bonchev–Trinajstić information content (AvgIpc) is 2.78. The number of anilines is 1. The predicted octanol–water partition coefficient (Wildman–Crippen LogP) is 5.75. The molecule has 0 aromatic heterocycles. The molecule has 3 aromatic rings. The van der Waals surface area contributed by atoms with Crippen molar-refractivity contribution < 1.29 is 19.3 Å². The third kappa shape index (κ3) is 5.86. The van der Waals surface area contributed by atoms with Crippen LogP contribution in [0.5, 0.6) is 11.5 Å². The summed E-state index contributed by atoms with van der Waals surface area (Å²) < 4.78 is 11.5. The Hall–Kier alpha value is -3.85. The number of benzene rings is 3. The molecule has 32 heavy (non-hydrogen) atoms. The van der Waals surface area contributed by atoms with Crippen molar-refractivity contribution in [1.82, 2.24) is 0 Å². The van der Waals surface area contributed by atoms with E-state index in [1.54, 1.807) is 36.4 Å². The Kier molecular flexibility index (Phi) is 7.45. The maximum absolute atomic E-state index is 10.9. The summed E-state index contributed by atoms with van der Waals surface area (Å²) in [5.41, 5.74) is 2.14. The predicted molar refractivity (Wildman–Crippen MR) is 120 cm³/mol. The Bertz CT molecular complexity index is 1120. The summed E-state index contributed by atoms with van der Waals surface area (Å²) in [5, 5.41) is 25.2. The maximum Gasteiger partial charge on any atom is 0.271 e. The van der Waals surface area contributed by atoms with Crippen LogP contribution in [0.25, 0.3) is 0 Å². The van der Waals surface area contributed by atoms with E-state index >= 15 is 0 Å². The summed E-state index contributed by atoms with van der Waals surface area (Å²) >= 11 is 6.44. The van der Waals surface area contributed by atoms with E-state index in [0.717, 1.165) is 11.1 Å². The number of ether oxygens (including phenoxy) is 2. The number of hydrogen-bond donors (Lipinski definition) is 1. The molecule has 0 heterocycles. The Balaban J connectivity index is 1.73. The molecular weight excluding hydrogens is 438 g/mol. The quantitative estimate of drug-likeness (QED) is 0.304. The van der Waals surface area contributed by atoms with E-state index in [1.165, 1.54) is 24.3 Å². The molecule has 0 aliphatic carbocycles. The molecule has 166 valence electrons. The maximum atomic E-state index is 10.9. The van der Waals surface area contributed by atoms with Gasteiger partial charge in [0.1, 0.15) is 6.61 Å². The van der Waals surface area contributed by atoms with Crippen LogP contribution in [-0.4, -0.2) is 16.5 Å². The standard InChI is InChI=1S/C22H20ClN3O6/c1-2-31-21-11-16(13-24-17-4-3-5-19(12-17)26(29)30)10-20(23)22(21)32-14-15-6-8-18(9-7-15)25(27)28/h3-12,24H,2,13-14H2,1H3. The van der Waals surface area contributed by atoms with Gasteiger partial charge in [-0.3, -0.25) is 20.2 Å². The van der Waals surface area contributed by atoms with Crippen LogP contribution in [0, 0.1) is 20.2 Å². The number of halogens is 1. The lowest BCUT2D eigenvalue weighted by Gasteiger charge is -2.16. The van der Waals surface area contributed by atoms with Crippen molar-refractivity contribution in [2.45, 2.75) is 20.1 Å². The van der Waals surface area contributed by atoms with Crippen LogP contribution in [-0.2, 0) is 13.2 Å². The number of nitrogens with one attached hydrogen (secondary N) is 1. The van der Waals surface area contributed by atoms with Crippen molar-refractivity contribution >= 4 is 28.7 Å². The van der Waals surface area contributed by atoms with Gasteiger partial charge < -0.3 is 14.8 Å². The number of nitro groups is 2. The van der Waals surface area contributed by atoms with E-state index in [0.29, 0.717) is 35.4 Å². The fraction of sp³-hybridized carbons (Fsp3) is 0.182. The third-order valence-electron chi connectivity index (χ3n) is 4.45. The lowest BCUT2D eigenvalue weighted by molar-refractivity contribution is -0.385. The minimum atomic E-state index is -0.463. The molecule has 0 aliphatic rings. The van der Waals surface area contributed by atoms with E-state index in [2.05, 4.69) is 5.32 Å². The first-order valence-electron chi connectivity index (χ1n) is 9.67. The molecule has 0 amide bonds. The minimum absolute atomic E-state index is 0.00182. The van der Waals surface area contributed by atoms with Crippen molar-refractivity contribution in [2.75, 3.05) is 11.9 Å². The van der Waals surface area contributed by atoms with Gasteiger partial charge >= 0.3 is 0 Å². The highest BCUT2D eigenvalue weighted by Crippen LogP contribution is 2.37. The highest BCUT2D eigenvalue weighted by molar-refractivity contribution is 6.32. The van der Waals surface area contributed by atoms with Crippen LogP contribution in [0.1, 0.15) is 18.1 Å². The van der Waals surface area contributed by atoms with Gasteiger partial charge in [0, 0.05) is 36.5 Å². The van der Waals surface area contributed by atoms with Crippen LogP contribution < -0.4 is 14.8 Å². The minimum Gasteiger partial charge on any atom is -0.490 e. The van der Waals surface area contributed by atoms with Gasteiger partial charge in [-0.05, 0) is 48.4 Å². The first kappa shape index (κ1) is 22.8. The Labute approximate surface area is 188 Å². The zero-order valence-electron chi connectivity index (χ0n) is 17.1. The Morgan fingerprint density at radius 3 is 2.28 bits per heavy atom. The van der Waals surface area contributed by atoms with Crippen LogP contribution in [0.3, 0.4) is 0 Å². The number of rotatable bonds is 10. The smallest absolute Gasteiger partial charge is 0.271 e. The molecule has 0 unspecified atom stereocenters. The Morgan fingerprint density at radius 2 is 1.62 bits per heavy atom. The van der Waals surface area contributed by atoms with Crippen LogP contribution in [0.2, 0.25) is 5.02 Å². The van der Waals surface area contributed by atoms with Crippen molar-refractivity contribution in [1.29, 1.82) is 0 Å². The number of nitrogens with zero attached hydrogens (tertiary/aromatic N) is 2. The number of non-ortho nitro benzene ring substituents is 2. The van der Waals surface area contributed by atoms with Crippen molar-refractivity contribution in [3.63, 3.8) is 0 Å². The number of nitro benzene ring substituents is 2. The third-order valence-corrected chi connectivity index (χ3v) is 4.73. The summed E-state index contributed by atoms with van der Waals surface area (Å²) in [6.07, 6.45) is 0. The SMILES string of the molecule is CCOc1cc(CNc2cccc([N+](=O)[O-])c2)cc(Cl)c1OCc1ccc([N+](=O)[O-])cc1. The zero-order valence-corrected chi connectivity index (χ0v) is 17.9. The van der Waals surface area contributed by atoms with E-state index in [9.17, 15) is 20.2 Å². The van der Waals surface area contributed by atoms with E-state index in [-0.39, 0.29) is 18.0 Å². The molecule has 3 aromatic carbocycles. The molecule has 9 nitrogen and oxygen atoms in total. The second kappa shape index (κ2) is 10.5. The van der Waals surface area contributed by atoms with Gasteiger partial charge in [-0.2, -0.15) is 0 Å². The van der Waals surface area contributed by atoms with Crippen LogP contribution >= 0.6 is 11.6 Å². The highest BCUT2D eigenvalue weighted by Gasteiger charge is 2.14. The van der Waals surface area contributed by atoms with Gasteiger partial charge in [0.05, 0.1) is 21.5 Å². The molecule has 0 radical (unpaired) electrons. The molecule has 1 N–H and O–H groups in total. The van der Waals surface area contributed by atoms with Gasteiger partial charge in [0.2, 0.25) is 0 Å². The fourth-order valence-corrected chi connectivity index (χ4v) is 3.22. The molecule has 0 bridgehead atoms. The summed E-state index contributed by atoms with van der Waals surface area (Å²) in [6, 6.07) is 15.8. The second-order valence-corrected chi connectivity index (χ2v) is 7.12. The first-order valence-corrected chi connectivity index (χ1v) is 10.0. The van der Waals surface area contributed by atoms with Gasteiger partial charge in [-0.1, -0.05) is 17.7 Å². The summed E-state index contributed by atoms with van der Waals surface area (Å²) in [4.78, 5) is 20.8. The highest BCUT2D eigenvalue weighted by atomic mass is 35.5. The molecule has 0 spiro atoms. The summed E-state index contributed by atoms with van der Waals surface area (Å²) in [5.74, 6) is 0.823. The molecular formula is C22H20ClN3O6. The van der Waals surface area contributed by atoms with E-state index in [1.807, 2.05) is 6.92 Å². The van der Waals surface area contributed by atoms with E-state index in [4.69, 9.17) is 21.1 Å². The molecule has 0 saturated heterocycles. The topological polar surface area (TPSA) is 117 Å². The fourth-order valence-electron chi connectivity index (χ4n) is 2.93. The van der Waals surface area contributed by atoms with Crippen molar-refractivity contribution in [2.24, 2.45) is 0 Å². The molecule has 0 fully saturated rings. The normalized spacial score (nSPS) is 10.4. The van der Waals surface area contributed by atoms with Crippen molar-refractivity contribution in [3.8, 4) is 11.5 Å². The van der Waals surface area contributed by atoms with Crippen molar-refractivity contribution in [3.05, 3.63) is 97.0 Å². The average molecular weight is 458 g/mol. The Morgan fingerprint density at radius 1 is 0.906 bits per heavy atom. The summed E-state index contributed by atoms with van der Waals surface area (Å²) in [7, 11) is 0. The molecule has 3 rings (SSSR count). The molecule has 0 saturated carbocycles. The lowest BCUT2D eigenvalue weighted by atomic mass is 10.2. The van der Waals surface area contributed by atoms with E-state index < -0.39 is 9.85 Å². The molecule has 0 atom stereocenters. The summed E-state index contributed by atoms with van der Waals surface area (Å²) in [6.45, 7) is 2.75.